The van der Waals surface area contributed by atoms with Crippen LogP contribution in [0.5, 0.6) is 0 Å². The van der Waals surface area contributed by atoms with Crippen molar-refractivity contribution < 1.29 is 9.59 Å². The van der Waals surface area contributed by atoms with Gasteiger partial charge in [0.15, 0.2) is 0 Å². The summed E-state index contributed by atoms with van der Waals surface area (Å²) in [6, 6.07) is 4.72. The first-order valence-corrected chi connectivity index (χ1v) is 12.4. The number of pyridine rings is 1. The lowest BCUT2D eigenvalue weighted by atomic mass is 9.92. The Bertz CT molecular complexity index is 774. The van der Waals surface area contributed by atoms with Gasteiger partial charge in [0, 0.05) is 55.9 Å². The third kappa shape index (κ3) is 5.91. The Labute approximate surface area is 191 Å². The Balaban J connectivity index is 1.27. The molecule has 8 nitrogen and oxygen atoms in total. The minimum absolute atomic E-state index is 0.0500. The topological polar surface area (TPSA) is 104 Å². The molecule has 1 saturated carbocycles. The van der Waals surface area contributed by atoms with E-state index in [2.05, 4.69) is 25.4 Å². The standard InChI is InChI=1S/C24H38N6O2/c25-22(31)18-10-14-29(15-11-18)23-19(6-4-12-26-23)16-27-24(32)28-20-7-5-13-30(17-20)21-8-2-1-3-9-21/h4,6,12,18,20-21H,1-3,5,7-11,13-17H2,(H2,25,31)(H2,27,28,32). The number of aromatic nitrogens is 1. The zero-order chi connectivity index (χ0) is 22.3. The van der Waals surface area contributed by atoms with Crippen LogP contribution in [0, 0.1) is 5.92 Å². The maximum atomic E-state index is 12.6. The van der Waals surface area contributed by atoms with Gasteiger partial charge >= 0.3 is 6.03 Å². The summed E-state index contributed by atoms with van der Waals surface area (Å²) in [5.74, 6) is 0.622. The predicted molar refractivity (Wildman–Crippen MR) is 125 cm³/mol. The molecule has 0 aromatic carbocycles. The first kappa shape index (κ1) is 22.8. The smallest absolute Gasteiger partial charge is 0.315 e. The summed E-state index contributed by atoms with van der Waals surface area (Å²) in [5, 5.41) is 6.24. The van der Waals surface area contributed by atoms with E-state index in [1.165, 1.54) is 32.1 Å². The molecule has 0 bridgehead atoms. The van der Waals surface area contributed by atoms with Crippen molar-refractivity contribution in [1.82, 2.24) is 20.5 Å². The number of nitrogens with one attached hydrogen (secondary N) is 2. The van der Waals surface area contributed by atoms with Crippen LogP contribution in [0.25, 0.3) is 0 Å². The van der Waals surface area contributed by atoms with Crippen LogP contribution >= 0.6 is 0 Å². The molecule has 0 radical (unpaired) electrons. The largest absolute Gasteiger partial charge is 0.369 e. The molecule has 176 valence electrons. The van der Waals surface area contributed by atoms with E-state index in [4.69, 9.17) is 5.73 Å². The number of amides is 3. The molecule has 2 aliphatic heterocycles. The van der Waals surface area contributed by atoms with Gasteiger partial charge in [-0.15, -0.1) is 0 Å². The number of hydrogen-bond acceptors (Lipinski definition) is 5. The van der Waals surface area contributed by atoms with Crippen LogP contribution < -0.4 is 21.3 Å². The number of piperidine rings is 2. The SMILES string of the molecule is NC(=O)C1CCN(c2ncccc2CNC(=O)NC2CCCN(C3CCCCC3)C2)CC1. The lowest BCUT2D eigenvalue weighted by Crippen LogP contribution is -2.53. The van der Waals surface area contributed by atoms with E-state index in [0.717, 1.165) is 63.2 Å². The van der Waals surface area contributed by atoms with Gasteiger partial charge in [-0.1, -0.05) is 25.3 Å². The number of likely N-dealkylation sites (tertiary alicyclic amines) is 1. The fraction of sp³-hybridized carbons (Fsp3) is 0.708. The average molecular weight is 443 g/mol. The van der Waals surface area contributed by atoms with E-state index < -0.39 is 0 Å². The third-order valence-corrected chi connectivity index (χ3v) is 7.38. The molecule has 1 aliphatic carbocycles. The van der Waals surface area contributed by atoms with Gasteiger partial charge in [0.2, 0.25) is 5.91 Å². The Hall–Kier alpha value is -2.35. The average Bonchev–Trinajstić information content (AvgIpc) is 2.84. The normalized spacial score (nSPS) is 23.6. The van der Waals surface area contributed by atoms with Crippen molar-refractivity contribution >= 4 is 17.8 Å². The molecule has 0 spiro atoms. The number of carbonyl (C=O) groups excluding carboxylic acids is 2. The third-order valence-electron chi connectivity index (χ3n) is 7.38. The zero-order valence-corrected chi connectivity index (χ0v) is 19.1. The summed E-state index contributed by atoms with van der Waals surface area (Å²) in [6.45, 7) is 4.07. The Morgan fingerprint density at radius 2 is 1.81 bits per heavy atom. The first-order chi connectivity index (χ1) is 15.6. The van der Waals surface area contributed by atoms with Crippen molar-refractivity contribution in [2.45, 2.75) is 76.4 Å². The summed E-state index contributed by atoms with van der Waals surface area (Å²) in [6.07, 6.45) is 12.1. The molecule has 32 heavy (non-hydrogen) atoms. The second-order valence-corrected chi connectivity index (χ2v) is 9.60. The van der Waals surface area contributed by atoms with Crippen molar-refractivity contribution in [3.63, 3.8) is 0 Å². The maximum Gasteiger partial charge on any atom is 0.315 e. The summed E-state index contributed by atoms with van der Waals surface area (Å²) in [5.41, 5.74) is 6.45. The lowest BCUT2D eigenvalue weighted by Gasteiger charge is -2.40. The van der Waals surface area contributed by atoms with Crippen molar-refractivity contribution in [2.24, 2.45) is 11.7 Å². The van der Waals surface area contributed by atoms with Crippen LogP contribution in [0.15, 0.2) is 18.3 Å². The number of rotatable bonds is 6. The summed E-state index contributed by atoms with van der Waals surface area (Å²) >= 11 is 0. The van der Waals surface area contributed by atoms with Crippen molar-refractivity contribution in [1.29, 1.82) is 0 Å². The Kier molecular flexibility index (Phi) is 7.84. The monoisotopic (exact) mass is 442 g/mol. The van der Waals surface area contributed by atoms with Crippen LogP contribution in [0.4, 0.5) is 10.6 Å². The van der Waals surface area contributed by atoms with E-state index in [0.29, 0.717) is 12.6 Å². The van der Waals surface area contributed by atoms with E-state index in [-0.39, 0.29) is 23.9 Å². The Morgan fingerprint density at radius 1 is 1.03 bits per heavy atom. The maximum absolute atomic E-state index is 12.6. The second-order valence-electron chi connectivity index (χ2n) is 9.60. The molecule has 3 amide bonds. The van der Waals surface area contributed by atoms with Crippen LogP contribution in [0.1, 0.15) is 63.4 Å². The van der Waals surface area contributed by atoms with E-state index >= 15 is 0 Å². The number of hydrogen-bond donors (Lipinski definition) is 3. The second kappa shape index (κ2) is 11.0. The Morgan fingerprint density at radius 3 is 2.56 bits per heavy atom. The van der Waals surface area contributed by atoms with Crippen LogP contribution in [-0.4, -0.2) is 60.1 Å². The fourth-order valence-electron chi connectivity index (χ4n) is 5.54. The zero-order valence-electron chi connectivity index (χ0n) is 19.1. The fourth-order valence-corrected chi connectivity index (χ4v) is 5.54. The van der Waals surface area contributed by atoms with Gasteiger partial charge in [0.25, 0.3) is 0 Å². The van der Waals surface area contributed by atoms with Gasteiger partial charge in [0.1, 0.15) is 5.82 Å². The highest BCUT2D eigenvalue weighted by Crippen LogP contribution is 2.26. The van der Waals surface area contributed by atoms with Gasteiger partial charge in [-0.2, -0.15) is 0 Å². The molecule has 1 unspecified atom stereocenters. The van der Waals surface area contributed by atoms with Gasteiger partial charge in [0.05, 0.1) is 0 Å². The highest BCUT2D eigenvalue weighted by atomic mass is 16.2. The molecule has 3 aliphatic rings. The molecule has 4 N–H and O–H groups in total. The first-order valence-electron chi connectivity index (χ1n) is 12.4. The van der Waals surface area contributed by atoms with Gasteiger partial charge in [-0.3, -0.25) is 9.69 Å². The van der Waals surface area contributed by atoms with Crippen LogP contribution in [0.2, 0.25) is 0 Å². The summed E-state index contributed by atoms with van der Waals surface area (Å²) in [4.78, 5) is 33.4. The van der Waals surface area contributed by atoms with Gasteiger partial charge < -0.3 is 21.3 Å². The van der Waals surface area contributed by atoms with Crippen LogP contribution in [-0.2, 0) is 11.3 Å². The van der Waals surface area contributed by atoms with Crippen LogP contribution in [0.3, 0.4) is 0 Å². The molecular weight excluding hydrogens is 404 g/mol. The van der Waals surface area contributed by atoms with Gasteiger partial charge in [-0.05, 0) is 51.1 Å². The molecule has 4 rings (SSSR count). The highest BCUT2D eigenvalue weighted by Gasteiger charge is 2.28. The lowest BCUT2D eigenvalue weighted by molar-refractivity contribution is -0.122. The van der Waals surface area contributed by atoms with Gasteiger partial charge in [-0.25, -0.2) is 9.78 Å². The van der Waals surface area contributed by atoms with E-state index in [1.54, 1.807) is 6.20 Å². The number of carbonyl (C=O) groups is 2. The van der Waals surface area contributed by atoms with Crippen molar-refractivity contribution in [2.75, 3.05) is 31.1 Å². The molecule has 8 heteroatoms. The number of nitrogens with zero attached hydrogens (tertiary/aromatic N) is 3. The van der Waals surface area contributed by atoms with Crippen molar-refractivity contribution in [3.8, 4) is 0 Å². The minimum Gasteiger partial charge on any atom is -0.369 e. The van der Waals surface area contributed by atoms with E-state index in [1.807, 2.05) is 12.1 Å². The molecule has 2 saturated heterocycles. The molecule has 3 fully saturated rings. The molecule has 1 atom stereocenters. The number of primary amides is 1. The number of anilines is 1. The molecular formula is C24H38N6O2. The molecule has 1 aromatic rings. The number of urea groups is 1. The predicted octanol–water partition coefficient (Wildman–Crippen LogP) is 2.38. The highest BCUT2D eigenvalue weighted by molar-refractivity contribution is 5.77. The molecule has 3 heterocycles. The number of nitrogens with two attached hydrogens (primary N) is 1. The quantitative estimate of drug-likeness (QED) is 0.628. The summed E-state index contributed by atoms with van der Waals surface area (Å²) < 4.78 is 0. The minimum atomic E-state index is -0.214. The van der Waals surface area contributed by atoms with Crippen molar-refractivity contribution in [3.05, 3.63) is 23.9 Å². The molecule has 1 aromatic heterocycles. The van der Waals surface area contributed by atoms with E-state index in [9.17, 15) is 9.59 Å². The summed E-state index contributed by atoms with van der Waals surface area (Å²) in [7, 11) is 0.